The van der Waals surface area contributed by atoms with Crippen LogP contribution in [0.15, 0.2) is 35.7 Å². The largest absolute Gasteiger partial charge is 0.374 e. The number of aromatic nitrogens is 2. The summed E-state index contributed by atoms with van der Waals surface area (Å²) in [4.78, 5) is 9.97. The molecule has 1 atom stereocenters. The first-order valence-electron chi connectivity index (χ1n) is 6.58. The average molecular weight is 300 g/mol. The molecule has 2 heterocycles. The maximum absolute atomic E-state index is 5.66. The Morgan fingerprint density at radius 3 is 2.67 bits per heavy atom. The number of anilines is 1. The third-order valence-electron chi connectivity index (χ3n) is 3.39. The highest BCUT2D eigenvalue weighted by atomic mass is 32.1. The molecule has 108 valence electrons. The number of benzene rings is 1. The molecule has 0 aliphatic heterocycles. The molecule has 5 nitrogen and oxygen atoms in total. The van der Waals surface area contributed by atoms with Gasteiger partial charge in [-0.05, 0) is 12.5 Å². The second-order valence-corrected chi connectivity index (χ2v) is 5.51. The molecule has 0 amide bonds. The predicted molar refractivity (Wildman–Crippen MR) is 86.1 cm³/mol. The molecular weight excluding hydrogens is 284 g/mol. The van der Waals surface area contributed by atoms with Crippen LogP contribution in [0.5, 0.6) is 0 Å². The van der Waals surface area contributed by atoms with Crippen LogP contribution in [0.3, 0.4) is 0 Å². The van der Waals surface area contributed by atoms with Crippen molar-refractivity contribution in [2.45, 2.75) is 13.0 Å². The molecule has 0 fully saturated rings. The third-order valence-corrected chi connectivity index (χ3v) is 4.26. The third kappa shape index (κ3) is 2.49. The first kappa shape index (κ1) is 13.9. The van der Waals surface area contributed by atoms with Crippen LogP contribution in [-0.2, 0) is 4.74 Å². The van der Waals surface area contributed by atoms with E-state index in [4.69, 9.17) is 10.6 Å². The van der Waals surface area contributed by atoms with Gasteiger partial charge in [0.05, 0.1) is 5.39 Å². The van der Waals surface area contributed by atoms with Crippen LogP contribution in [0, 0.1) is 0 Å². The Hall–Kier alpha value is -2.02. The van der Waals surface area contributed by atoms with E-state index in [1.165, 1.54) is 0 Å². The van der Waals surface area contributed by atoms with Crippen LogP contribution in [0.2, 0.25) is 0 Å². The Balaban J connectivity index is 2.22. The summed E-state index contributed by atoms with van der Waals surface area (Å²) in [6.45, 7) is 1.91. The van der Waals surface area contributed by atoms with E-state index < -0.39 is 0 Å². The standard InChI is InChI=1S/C15H16N4OS/c1-9(20-2)13-17-14(19-16)12-11(8-21-15(12)18-13)10-6-4-3-5-7-10/h3-9H,16H2,1-2H3,(H,17,18,19). The number of thiophene rings is 1. The van der Waals surface area contributed by atoms with Gasteiger partial charge >= 0.3 is 0 Å². The van der Waals surface area contributed by atoms with Gasteiger partial charge in [0.15, 0.2) is 11.6 Å². The molecule has 0 saturated heterocycles. The van der Waals surface area contributed by atoms with Gasteiger partial charge in [-0.3, -0.25) is 0 Å². The van der Waals surface area contributed by atoms with Gasteiger partial charge in [0.2, 0.25) is 0 Å². The number of nitrogens with zero attached hydrogens (tertiary/aromatic N) is 2. The van der Waals surface area contributed by atoms with E-state index in [1.807, 2.05) is 25.1 Å². The van der Waals surface area contributed by atoms with E-state index in [-0.39, 0.29) is 6.10 Å². The van der Waals surface area contributed by atoms with Crippen molar-refractivity contribution >= 4 is 27.4 Å². The minimum atomic E-state index is -0.177. The van der Waals surface area contributed by atoms with Crippen LogP contribution >= 0.6 is 11.3 Å². The van der Waals surface area contributed by atoms with E-state index in [0.717, 1.165) is 21.3 Å². The van der Waals surface area contributed by atoms with Gasteiger partial charge in [0.1, 0.15) is 10.9 Å². The molecule has 0 aliphatic carbocycles. The van der Waals surface area contributed by atoms with Crippen LogP contribution in [0.1, 0.15) is 18.9 Å². The number of methoxy groups -OCH3 is 1. The van der Waals surface area contributed by atoms with Crippen LogP contribution in [0.25, 0.3) is 21.3 Å². The number of ether oxygens (including phenoxy) is 1. The van der Waals surface area contributed by atoms with Crippen molar-refractivity contribution in [1.82, 2.24) is 9.97 Å². The van der Waals surface area contributed by atoms with E-state index in [9.17, 15) is 0 Å². The van der Waals surface area contributed by atoms with Gasteiger partial charge in [0.25, 0.3) is 0 Å². The fourth-order valence-corrected chi connectivity index (χ4v) is 3.13. The summed E-state index contributed by atoms with van der Waals surface area (Å²) in [5.74, 6) is 6.90. The molecule has 1 unspecified atom stereocenters. The van der Waals surface area contributed by atoms with Gasteiger partial charge < -0.3 is 10.2 Å². The van der Waals surface area contributed by atoms with Crippen LogP contribution in [-0.4, -0.2) is 17.1 Å². The van der Waals surface area contributed by atoms with Crippen molar-refractivity contribution in [1.29, 1.82) is 0 Å². The van der Waals surface area contributed by atoms with Crippen molar-refractivity contribution in [3.63, 3.8) is 0 Å². The number of nitrogen functional groups attached to an aromatic ring is 1. The average Bonchev–Trinajstić information content (AvgIpc) is 2.98. The van der Waals surface area contributed by atoms with Crippen molar-refractivity contribution in [2.24, 2.45) is 5.84 Å². The summed E-state index contributed by atoms with van der Waals surface area (Å²) < 4.78 is 5.29. The van der Waals surface area contributed by atoms with Crippen molar-refractivity contribution in [2.75, 3.05) is 12.5 Å². The molecule has 0 radical (unpaired) electrons. The molecule has 0 aliphatic rings. The lowest BCUT2D eigenvalue weighted by Gasteiger charge is -2.11. The number of hydrogen-bond donors (Lipinski definition) is 2. The summed E-state index contributed by atoms with van der Waals surface area (Å²) >= 11 is 1.58. The van der Waals surface area contributed by atoms with Crippen LogP contribution in [0.4, 0.5) is 5.82 Å². The molecule has 0 saturated carbocycles. The second kappa shape index (κ2) is 5.77. The highest BCUT2D eigenvalue weighted by Gasteiger charge is 2.17. The number of nitrogens with one attached hydrogen (secondary N) is 1. The number of fused-ring (bicyclic) bond motifs is 1. The Kier molecular flexibility index (Phi) is 3.83. The quantitative estimate of drug-likeness (QED) is 0.571. The summed E-state index contributed by atoms with van der Waals surface area (Å²) in [6.07, 6.45) is -0.177. The number of hydrogen-bond acceptors (Lipinski definition) is 6. The Bertz CT molecular complexity index is 757. The zero-order valence-corrected chi connectivity index (χ0v) is 12.6. The highest BCUT2D eigenvalue weighted by Crippen LogP contribution is 2.37. The highest BCUT2D eigenvalue weighted by molar-refractivity contribution is 7.17. The van der Waals surface area contributed by atoms with E-state index in [2.05, 4.69) is 32.9 Å². The van der Waals surface area contributed by atoms with E-state index in [1.54, 1.807) is 18.4 Å². The van der Waals surface area contributed by atoms with Gasteiger partial charge in [-0.15, -0.1) is 11.3 Å². The number of hydrazine groups is 1. The maximum atomic E-state index is 5.66. The zero-order valence-electron chi connectivity index (χ0n) is 11.8. The second-order valence-electron chi connectivity index (χ2n) is 4.65. The molecule has 3 aromatic rings. The molecule has 0 spiro atoms. The van der Waals surface area contributed by atoms with Gasteiger partial charge in [-0.2, -0.15) is 0 Å². The minimum absolute atomic E-state index is 0.177. The molecule has 2 aromatic heterocycles. The first-order valence-corrected chi connectivity index (χ1v) is 7.46. The SMILES string of the molecule is COC(C)c1nc(NN)c2c(-c3ccccc3)csc2n1. The van der Waals surface area contributed by atoms with Crippen molar-refractivity contribution < 1.29 is 4.74 Å². The first-order chi connectivity index (χ1) is 10.2. The lowest BCUT2D eigenvalue weighted by Crippen LogP contribution is -2.12. The Morgan fingerprint density at radius 1 is 1.24 bits per heavy atom. The molecule has 3 N–H and O–H groups in total. The van der Waals surface area contributed by atoms with Crippen molar-refractivity contribution in [3.05, 3.63) is 41.5 Å². The lowest BCUT2D eigenvalue weighted by atomic mass is 10.1. The summed E-state index contributed by atoms with van der Waals surface area (Å²) in [6, 6.07) is 10.1. The van der Waals surface area contributed by atoms with E-state index >= 15 is 0 Å². The lowest BCUT2D eigenvalue weighted by molar-refractivity contribution is 0.112. The smallest absolute Gasteiger partial charge is 0.160 e. The Morgan fingerprint density at radius 2 is 2.00 bits per heavy atom. The summed E-state index contributed by atoms with van der Waals surface area (Å²) in [5.41, 5.74) is 4.89. The molecule has 1 aromatic carbocycles. The summed E-state index contributed by atoms with van der Waals surface area (Å²) in [7, 11) is 1.64. The van der Waals surface area contributed by atoms with Gasteiger partial charge in [0, 0.05) is 18.1 Å². The molecule has 6 heteroatoms. The fraction of sp³-hybridized carbons (Fsp3) is 0.200. The molecule has 21 heavy (non-hydrogen) atoms. The van der Waals surface area contributed by atoms with Crippen molar-refractivity contribution in [3.8, 4) is 11.1 Å². The normalized spacial score (nSPS) is 12.5. The molecule has 0 bridgehead atoms. The predicted octanol–water partition coefficient (Wildman–Crippen LogP) is 3.35. The van der Waals surface area contributed by atoms with Gasteiger partial charge in [-0.25, -0.2) is 15.8 Å². The number of nitrogens with two attached hydrogens (primary N) is 1. The summed E-state index contributed by atoms with van der Waals surface area (Å²) in [5, 5.41) is 3.03. The number of rotatable bonds is 4. The maximum Gasteiger partial charge on any atom is 0.160 e. The molecular formula is C15H16N4OS. The van der Waals surface area contributed by atoms with Gasteiger partial charge in [-0.1, -0.05) is 30.3 Å². The monoisotopic (exact) mass is 300 g/mol. The minimum Gasteiger partial charge on any atom is -0.374 e. The van der Waals surface area contributed by atoms with Crippen LogP contribution < -0.4 is 11.3 Å². The fourth-order valence-electron chi connectivity index (χ4n) is 2.18. The van der Waals surface area contributed by atoms with E-state index in [0.29, 0.717) is 11.6 Å². The zero-order chi connectivity index (χ0) is 14.8. The topological polar surface area (TPSA) is 73.1 Å². The Labute approximate surface area is 126 Å². The molecule has 3 rings (SSSR count).